The van der Waals surface area contributed by atoms with Gasteiger partial charge in [-0.1, -0.05) is 35.5 Å². The molecule has 2 heterocycles. The highest BCUT2D eigenvalue weighted by Crippen LogP contribution is 2.38. The smallest absolute Gasteiger partial charge is 0.229 e. The van der Waals surface area contributed by atoms with Gasteiger partial charge in [0.1, 0.15) is 0 Å². The SMILES string of the molecule is c1ccc(CCCNC2CCCN(Cc3noc(C4CC4)n3)C2)cc1. The molecule has 134 valence electrons. The largest absolute Gasteiger partial charge is 0.339 e. The minimum Gasteiger partial charge on any atom is -0.339 e. The van der Waals surface area contributed by atoms with E-state index in [1.54, 1.807) is 0 Å². The van der Waals surface area contributed by atoms with E-state index in [1.165, 1.54) is 37.7 Å². The first-order valence-corrected chi connectivity index (χ1v) is 9.69. The van der Waals surface area contributed by atoms with Crippen LogP contribution < -0.4 is 5.32 Å². The van der Waals surface area contributed by atoms with Crippen LogP contribution >= 0.6 is 0 Å². The number of aromatic nitrogens is 2. The Morgan fingerprint density at radius 1 is 1.16 bits per heavy atom. The summed E-state index contributed by atoms with van der Waals surface area (Å²) in [4.78, 5) is 7.02. The van der Waals surface area contributed by atoms with Crippen molar-refractivity contribution in [2.24, 2.45) is 0 Å². The van der Waals surface area contributed by atoms with E-state index in [4.69, 9.17) is 4.52 Å². The molecule has 4 rings (SSSR count). The molecular weight excluding hydrogens is 312 g/mol. The highest BCUT2D eigenvalue weighted by Gasteiger charge is 2.30. The molecule has 0 spiro atoms. The summed E-state index contributed by atoms with van der Waals surface area (Å²) in [5.74, 6) is 2.25. The van der Waals surface area contributed by atoms with Crippen LogP contribution in [0, 0.1) is 0 Å². The van der Waals surface area contributed by atoms with E-state index in [9.17, 15) is 0 Å². The van der Waals surface area contributed by atoms with Gasteiger partial charge in [0.15, 0.2) is 5.82 Å². The predicted octanol–water partition coefficient (Wildman–Crippen LogP) is 3.13. The number of aryl methyl sites for hydroxylation is 1. The quantitative estimate of drug-likeness (QED) is 0.748. The highest BCUT2D eigenvalue weighted by molar-refractivity contribution is 5.14. The first kappa shape index (κ1) is 16.7. The standard InChI is InChI=1S/C20H28N4O/c1-2-6-16(7-3-1)8-4-12-21-18-9-5-13-24(14-18)15-19-22-20(25-23-19)17-10-11-17/h1-3,6-7,17-18,21H,4-5,8-15H2. The molecule has 2 aromatic rings. The molecule has 1 atom stereocenters. The summed E-state index contributed by atoms with van der Waals surface area (Å²) < 4.78 is 5.38. The summed E-state index contributed by atoms with van der Waals surface area (Å²) >= 11 is 0. The van der Waals surface area contributed by atoms with E-state index in [0.29, 0.717) is 12.0 Å². The second-order valence-corrected chi connectivity index (χ2v) is 7.44. The van der Waals surface area contributed by atoms with Crippen LogP contribution in [0.4, 0.5) is 0 Å². The molecule has 25 heavy (non-hydrogen) atoms. The number of piperidine rings is 1. The zero-order valence-corrected chi connectivity index (χ0v) is 14.9. The van der Waals surface area contributed by atoms with Crippen molar-refractivity contribution in [1.29, 1.82) is 0 Å². The van der Waals surface area contributed by atoms with Crippen molar-refractivity contribution in [3.63, 3.8) is 0 Å². The Balaban J connectivity index is 1.18. The van der Waals surface area contributed by atoms with E-state index in [2.05, 4.69) is 50.7 Å². The molecule has 1 N–H and O–H groups in total. The average Bonchev–Trinajstić information content (AvgIpc) is 3.40. The van der Waals surface area contributed by atoms with Gasteiger partial charge in [-0.05, 0) is 57.2 Å². The van der Waals surface area contributed by atoms with Crippen LogP contribution in [0.25, 0.3) is 0 Å². The molecule has 2 fully saturated rings. The fourth-order valence-corrected chi connectivity index (χ4v) is 3.64. The Labute approximate surface area is 149 Å². The summed E-state index contributed by atoms with van der Waals surface area (Å²) in [6.07, 6.45) is 7.26. The molecule has 1 aliphatic carbocycles. The van der Waals surface area contributed by atoms with E-state index < -0.39 is 0 Å². The van der Waals surface area contributed by atoms with Gasteiger partial charge >= 0.3 is 0 Å². The second kappa shape index (κ2) is 8.11. The topological polar surface area (TPSA) is 54.2 Å². The van der Waals surface area contributed by atoms with Gasteiger partial charge in [0, 0.05) is 18.5 Å². The van der Waals surface area contributed by atoms with Crippen molar-refractivity contribution < 1.29 is 4.52 Å². The van der Waals surface area contributed by atoms with Gasteiger partial charge in [-0.2, -0.15) is 4.98 Å². The maximum atomic E-state index is 5.38. The van der Waals surface area contributed by atoms with Gasteiger partial charge in [0.25, 0.3) is 0 Å². The fraction of sp³-hybridized carbons (Fsp3) is 0.600. The van der Waals surface area contributed by atoms with Crippen molar-refractivity contribution in [3.05, 3.63) is 47.6 Å². The van der Waals surface area contributed by atoms with Crippen LogP contribution in [0.5, 0.6) is 0 Å². The molecule has 5 heteroatoms. The van der Waals surface area contributed by atoms with E-state index in [-0.39, 0.29) is 0 Å². The van der Waals surface area contributed by atoms with Crippen molar-refractivity contribution in [3.8, 4) is 0 Å². The lowest BCUT2D eigenvalue weighted by Gasteiger charge is -2.32. The van der Waals surface area contributed by atoms with Crippen molar-refractivity contribution in [2.75, 3.05) is 19.6 Å². The van der Waals surface area contributed by atoms with Gasteiger partial charge in [-0.25, -0.2) is 0 Å². The number of hydrogen-bond donors (Lipinski definition) is 1. The summed E-state index contributed by atoms with van der Waals surface area (Å²) in [5, 5.41) is 7.89. The number of likely N-dealkylation sites (tertiary alicyclic amines) is 1. The zero-order valence-electron chi connectivity index (χ0n) is 14.9. The molecule has 0 bridgehead atoms. The lowest BCUT2D eigenvalue weighted by atomic mass is 10.0. The minimum absolute atomic E-state index is 0.543. The van der Waals surface area contributed by atoms with Gasteiger partial charge in [-0.15, -0.1) is 0 Å². The van der Waals surface area contributed by atoms with Gasteiger partial charge in [0.05, 0.1) is 6.54 Å². The highest BCUT2D eigenvalue weighted by atomic mass is 16.5. The Bertz CT molecular complexity index is 653. The molecule has 1 aromatic heterocycles. The molecule has 1 aliphatic heterocycles. The molecule has 2 aliphatic rings. The Morgan fingerprint density at radius 2 is 2.04 bits per heavy atom. The molecule has 1 saturated carbocycles. The predicted molar refractivity (Wildman–Crippen MR) is 97.3 cm³/mol. The molecule has 1 unspecified atom stereocenters. The van der Waals surface area contributed by atoms with Gasteiger partial charge < -0.3 is 9.84 Å². The third kappa shape index (κ3) is 4.89. The average molecular weight is 340 g/mol. The first-order chi connectivity index (χ1) is 12.4. The summed E-state index contributed by atoms with van der Waals surface area (Å²) in [5.41, 5.74) is 1.43. The van der Waals surface area contributed by atoms with Crippen LogP contribution in [-0.2, 0) is 13.0 Å². The van der Waals surface area contributed by atoms with Crippen molar-refractivity contribution in [1.82, 2.24) is 20.4 Å². The number of benzene rings is 1. The Kier molecular flexibility index (Phi) is 5.43. The fourth-order valence-electron chi connectivity index (χ4n) is 3.64. The minimum atomic E-state index is 0.543. The monoisotopic (exact) mass is 340 g/mol. The van der Waals surface area contributed by atoms with E-state index in [1.807, 2.05) is 0 Å². The van der Waals surface area contributed by atoms with Crippen molar-refractivity contribution >= 4 is 0 Å². The molecular formula is C20H28N4O. The lowest BCUT2D eigenvalue weighted by molar-refractivity contribution is 0.178. The van der Waals surface area contributed by atoms with Crippen LogP contribution in [-0.4, -0.2) is 40.7 Å². The summed E-state index contributed by atoms with van der Waals surface area (Å²) in [7, 11) is 0. The third-order valence-electron chi connectivity index (χ3n) is 5.20. The number of nitrogens with zero attached hydrogens (tertiary/aromatic N) is 3. The van der Waals surface area contributed by atoms with Crippen LogP contribution in [0.1, 0.15) is 55.3 Å². The normalized spacial score (nSPS) is 21.5. The molecule has 0 radical (unpaired) electrons. The van der Waals surface area contributed by atoms with Crippen LogP contribution in [0.3, 0.4) is 0 Å². The van der Waals surface area contributed by atoms with Crippen LogP contribution in [0.15, 0.2) is 34.9 Å². The lowest BCUT2D eigenvalue weighted by Crippen LogP contribution is -2.45. The molecule has 5 nitrogen and oxygen atoms in total. The maximum Gasteiger partial charge on any atom is 0.229 e. The Hall–Kier alpha value is -1.72. The summed E-state index contributed by atoms with van der Waals surface area (Å²) in [6.45, 7) is 4.12. The van der Waals surface area contributed by atoms with E-state index >= 15 is 0 Å². The Morgan fingerprint density at radius 3 is 2.88 bits per heavy atom. The van der Waals surface area contributed by atoms with Gasteiger partial charge in [0.2, 0.25) is 5.89 Å². The van der Waals surface area contributed by atoms with Gasteiger partial charge in [-0.3, -0.25) is 4.90 Å². The van der Waals surface area contributed by atoms with Crippen LogP contribution in [0.2, 0.25) is 0 Å². The van der Waals surface area contributed by atoms with E-state index in [0.717, 1.165) is 44.3 Å². The van der Waals surface area contributed by atoms with Crippen molar-refractivity contribution in [2.45, 2.75) is 57.0 Å². The first-order valence-electron chi connectivity index (χ1n) is 9.69. The number of nitrogens with one attached hydrogen (secondary N) is 1. The summed E-state index contributed by atoms with van der Waals surface area (Å²) in [6, 6.07) is 11.3. The number of rotatable bonds is 8. The number of hydrogen-bond acceptors (Lipinski definition) is 5. The second-order valence-electron chi connectivity index (χ2n) is 7.44. The molecule has 1 aromatic carbocycles. The molecule has 0 amide bonds. The molecule has 1 saturated heterocycles. The third-order valence-corrected chi connectivity index (χ3v) is 5.20. The zero-order chi connectivity index (χ0) is 16.9. The maximum absolute atomic E-state index is 5.38.